The zero-order valence-corrected chi connectivity index (χ0v) is 10.2. The maximum absolute atomic E-state index is 13.5. The quantitative estimate of drug-likeness (QED) is 0.817. The van der Waals surface area contributed by atoms with Gasteiger partial charge in [0.2, 0.25) is 0 Å². The molecule has 5 heteroatoms. The van der Waals surface area contributed by atoms with Gasteiger partial charge < -0.3 is 11.1 Å². The summed E-state index contributed by atoms with van der Waals surface area (Å²) in [5, 5.41) is 2.37. The summed E-state index contributed by atoms with van der Waals surface area (Å²) in [6.07, 6.45) is 0. The van der Waals surface area contributed by atoms with Gasteiger partial charge in [-0.05, 0) is 42.8 Å². The van der Waals surface area contributed by atoms with Crippen molar-refractivity contribution in [3.05, 3.63) is 59.2 Å². The van der Waals surface area contributed by atoms with Gasteiger partial charge in [0.1, 0.15) is 11.6 Å². The minimum absolute atomic E-state index is 0.0269. The Kier molecular flexibility index (Phi) is 3.46. The van der Waals surface area contributed by atoms with Crippen LogP contribution in [0.25, 0.3) is 0 Å². The summed E-state index contributed by atoms with van der Waals surface area (Å²) in [5.41, 5.74) is 6.53. The molecule has 0 atom stereocenters. The van der Waals surface area contributed by atoms with E-state index >= 15 is 0 Å². The Morgan fingerprint density at radius 1 is 1.16 bits per heavy atom. The molecular formula is C14H12F2N2O. The maximum Gasteiger partial charge on any atom is 0.257 e. The molecule has 2 rings (SSSR count). The Morgan fingerprint density at radius 3 is 2.63 bits per heavy atom. The van der Waals surface area contributed by atoms with E-state index in [9.17, 15) is 13.6 Å². The second-order valence-corrected chi connectivity index (χ2v) is 4.17. The van der Waals surface area contributed by atoms with Crippen LogP contribution in [0.5, 0.6) is 0 Å². The zero-order chi connectivity index (χ0) is 14.0. The molecule has 0 spiro atoms. The molecule has 0 saturated carbocycles. The number of benzene rings is 2. The van der Waals surface area contributed by atoms with Crippen molar-refractivity contribution in [2.45, 2.75) is 6.92 Å². The van der Waals surface area contributed by atoms with Crippen molar-refractivity contribution in [1.82, 2.24) is 0 Å². The first-order chi connectivity index (χ1) is 8.97. The number of amides is 1. The Labute approximate surface area is 109 Å². The summed E-state index contributed by atoms with van der Waals surface area (Å²) in [6.45, 7) is 1.77. The van der Waals surface area contributed by atoms with E-state index in [0.29, 0.717) is 0 Å². The molecule has 0 aliphatic heterocycles. The standard InChI is InChI=1S/C14H12F2N2O/c1-8-2-4-11(16)13(6-8)18-14(19)10-7-9(15)3-5-12(10)17/h2-7H,17H2,1H3,(H,18,19). The Balaban J connectivity index is 2.30. The molecule has 0 radical (unpaired) electrons. The lowest BCUT2D eigenvalue weighted by atomic mass is 10.1. The normalized spacial score (nSPS) is 10.3. The van der Waals surface area contributed by atoms with Crippen LogP contribution in [-0.2, 0) is 0 Å². The SMILES string of the molecule is Cc1ccc(F)c(NC(=O)c2cc(F)ccc2N)c1. The monoisotopic (exact) mass is 262 g/mol. The molecule has 19 heavy (non-hydrogen) atoms. The molecule has 0 aromatic heterocycles. The minimum Gasteiger partial charge on any atom is -0.398 e. The van der Waals surface area contributed by atoms with Crippen molar-refractivity contribution in [2.24, 2.45) is 0 Å². The fourth-order valence-electron chi connectivity index (χ4n) is 1.65. The highest BCUT2D eigenvalue weighted by atomic mass is 19.1. The van der Waals surface area contributed by atoms with E-state index in [1.54, 1.807) is 13.0 Å². The van der Waals surface area contributed by atoms with Crippen LogP contribution in [0.3, 0.4) is 0 Å². The number of nitrogens with two attached hydrogens (primary N) is 1. The van der Waals surface area contributed by atoms with Gasteiger partial charge >= 0.3 is 0 Å². The molecule has 1 amide bonds. The van der Waals surface area contributed by atoms with E-state index in [1.165, 1.54) is 18.2 Å². The van der Waals surface area contributed by atoms with Crippen molar-refractivity contribution in [2.75, 3.05) is 11.1 Å². The second kappa shape index (κ2) is 5.06. The summed E-state index contributed by atoms with van der Waals surface area (Å²) >= 11 is 0. The summed E-state index contributed by atoms with van der Waals surface area (Å²) in [6, 6.07) is 7.78. The lowest BCUT2D eigenvalue weighted by Gasteiger charge is -2.09. The highest BCUT2D eigenvalue weighted by molar-refractivity contribution is 6.07. The smallest absolute Gasteiger partial charge is 0.257 e. The van der Waals surface area contributed by atoms with Gasteiger partial charge in [0.25, 0.3) is 5.91 Å². The first kappa shape index (κ1) is 13.0. The van der Waals surface area contributed by atoms with Crippen LogP contribution < -0.4 is 11.1 Å². The van der Waals surface area contributed by atoms with Crippen LogP contribution in [0, 0.1) is 18.6 Å². The lowest BCUT2D eigenvalue weighted by molar-refractivity contribution is 0.102. The number of halogens is 2. The van der Waals surface area contributed by atoms with E-state index in [2.05, 4.69) is 5.32 Å². The molecule has 3 N–H and O–H groups in total. The van der Waals surface area contributed by atoms with Gasteiger partial charge in [0.05, 0.1) is 11.3 Å². The molecular weight excluding hydrogens is 250 g/mol. The zero-order valence-electron chi connectivity index (χ0n) is 10.2. The maximum atomic E-state index is 13.5. The van der Waals surface area contributed by atoms with Crippen molar-refractivity contribution < 1.29 is 13.6 Å². The Morgan fingerprint density at radius 2 is 1.89 bits per heavy atom. The minimum atomic E-state index is -0.651. The number of hydrogen-bond donors (Lipinski definition) is 2. The Bertz CT molecular complexity index is 641. The van der Waals surface area contributed by atoms with Gasteiger partial charge in [-0.15, -0.1) is 0 Å². The van der Waals surface area contributed by atoms with E-state index in [1.807, 2.05) is 0 Å². The first-order valence-electron chi connectivity index (χ1n) is 5.60. The molecule has 2 aromatic carbocycles. The fourth-order valence-corrected chi connectivity index (χ4v) is 1.65. The third kappa shape index (κ3) is 2.88. The van der Waals surface area contributed by atoms with Gasteiger partial charge in [-0.2, -0.15) is 0 Å². The van der Waals surface area contributed by atoms with Crippen molar-refractivity contribution in [1.29, 1.82) is 0 Å². The van der Waals surface area contributed by atoms with Crippen molar-refractivity contribution in [3.8, 4) is 0 Å². The number of rotatable bonds is 2. The number of carbonyl (C=O) groups is 1. The molecule has 98 valence electrons. The molecule has 3 nitrogen and oxygen atoms in total. The predicted molar refractivity (Wildman–Crippen MR) is 69.9 cm³/mol. The topological polar surface area (TPSA) is 55.1 Å². The van der Waals surface area contributed by atoms with Gasteiger partial charge in [0, 0.05) is 5.69 Å². The predicted octanol–water partition coefficient (Wildman–Crippen LogP) is 3.11. The molecule has 0 unspecified atom stereocenters. The average molecular weight is 262 g/mol. The summed E-state index contributed by atoms with van der Waals surface area (Å²) < 4.78 is 26.6. The van der Waals surface area contributed by atoms with Crippen LogP contribution in [0.4, 0.5) is 20.2 Å². The number of carbonyl (C=O) groups excluding carboxylic acids is 1. The van der Waals surface area contributed by atoms with Crippen LogP contribution in [-0.4, -0.2) is 5.91 Å². The molecule has 0 heterocycles. The number of nitrogen functional groups attached to an aromatic ring is 1. The average Bonchev–Trinajstić information content (AvgIpc) is 2.36. The molecule has 0 saturated heterocycles. The van der Waals surface area contributed by atoms with Crippen molar-refractivity contribution in [3.63, 3.8) is 0 Å². The largest absolute Gasteiger partial charge is 0.398 e. The lowest BCUT2D eigenvalue weighted by Crippen LogP contribution is -2.15. The van der Waals surface area contributed by atoms with E-state index in [4.69, 9.17) is 5.73 Å². The number of hydrogen-bond acceptors (Lipinski definition) is 2. The van der Waals surface area contributed by atoms with Crippen LogP contribution in [0.1, 0.15) is 15.9 Å². The summed E-state index contributed by atoms with van der Waals surface area (Å²) in [4.78, 5) is 11.9. The third-order valence-electron chi connectivity index (χ3n) is 2.63. The molecule has 0 aliphatic rings. The molecule has 0 aliphatic carbocycles. The number of nitrogens with one attached hydrogen (secondary N) is 1. The Hall–Kier alpha value is -2.43. The van der Waals surface area contributed by atoms with Gasteiger partial charge in [-0.1, -0.05) is 6.07 Å². The third-order valence-corrected chi connectivity index (χ3v) is 2.63. The van der Waals surface area contributed by atoms with Crippen LogP contribution in [0.2, 0.25) is 0 Å². The highest BCUT2D eigenvalue weighted by Gasteiger charge is 2.13. The van der Waals surface area contributed by atoms with Gasteiger partial charge in [0.15, 0.2) is 0 Å². The first-order valence-corrected chi connectivity index (χ1v) is 5.60. The van der Waals surface area contributed by atoms with Crippen LogP contribution >= 0.6 is 0 Å². The molecule has 2 aromatic rings. The fraction of sp³-hybridized carbons (Fsp3) is 0.0714. The van der Waals surface area contributed by atoms with Crippen molar-refractivity contribution >= 4 is 17.3 Å². The van der Waals surface area contributed by atoms with Gasteiger partial charge in [-0.3, -0.25) is 4.79 Å². The second-order valence-electron chi connectivity index (χ2n) is 4.17. The highest BCUT2D eigenvalue weighted by Crippen LogP contribution is 2.19. The summed E-state index contributed by atoms with van der Waals surface area (Å²) in [7, 11) is 0. The van der Waals surface area contributed by atoms with Gasteiger partial charge in [-0.25, -0.2) is 8.78 Å². The summed E-state index contributed by atoms with van der Waals surface area (Å²) in [5.74, 6) is -1.79. The van der Waals surface area contributed by atoms with E-state index in [0.717, 1.165) is 17.7 Å². The number of aryl methyl sites for hydroxylation is 1. The van der Waals surface area contributed by atoms with Crippen LogP contribution in [0.15, 0.2) is 36.4 Å². The molecule has 0 fully saturated rings. The molecule has 0 bridgehead atoms. The van der Waals surface area contributed by atoms with E-state index in [-0.39, 0.29) is 16.9 Å². The number of anilines is 2. The van der Waals surface area contributed by atoms with E-state index < -0.39 is 17.5 Å².